The highest BCUT2D eigenvalue weighted by molar-refractivity contribution is 6.30. The fraction of sp³-hybridized carbons (Fsp3) is 0.200. The van der Waals surface area contributed by atoms with Crippen molar-refractivity contribution in [3.63, 3.8) is 0 Å². The second kappa shape index (κ2) is 2.20. The molecule has 1 aliphatic rings. The van der Waals surface area contributed by atoms with Crippen LogP contribution in [0.4, 0.5) is 0 Å². The van der Waals surface area contributed by atoms with Gasteiger partial charge in [-0.25, -0.2) is 0 Å². The summed E-state index contributed by atoms with van der Waals surface area (Å²) in [5.74, 6) is 0. The molecule has 0 bridgehead atoms. The Morgan fingerprint density at radius 2 is 2.50 bits per heavy atom. The minimum atomic E-state index is -0.457. The van der Waals surface area contributed by atoms with Crippen molar-refractivity contribution in [2.24, 2.45) is 5.73 Å². The second-order valence-electron chi connectivity index (χ2n) is 1.44. The van der Waals surface area contributed by atoms with Gasteiger partial charge in [-0.2, -0.15) is 0 Å². The first-order chi connectivity index (χ1) is 3.80. The summed E-state index contributed by atoms with van der Waals surface area (Å²) in [6, 6.07) is 0. The Hall–Kier alpha value is -0.470. The molecule has 2 N–H and O–H groups in total. The van der Waals surface area contributed by atoms with Gasteiger partial charge < -0.3 is 4.74 Å². The molecule has 8 heavy (non-hydrogen) atoms. The molecule has 0 aliphatic carbocycles. The van der Waals surface area contributed by atoms with Crippen molar-refractivity contribution in [1.82, 2.24) is 0 Å². The van der Waals surface area contributed by atoms with Crippen LogP contribution < -0.4 is 5.73 Å². The molecule has 0 unspecified atom stereocenters. The van der Waals surface area contributed by atoms with Crippen LogP contribution >= 0.6 is 11.6 Å². The van der Waals surface area contributed by atoms with Crippen molar-refractivity contribution in [1.29, 1.82) is 0 Å². The summed E-state index contributed by atoms with van der Waals surface area (Å²) in [4.78, 5) is 0. The Bertz CT molecular complexity index is 141. The predicted molar refractivity (Wildman–Crippen MR) is 32.1 cm³/mol. The molecule has 1 rings (SSSR count). The Morgan fingerprint density at radius 1 is 1.75 bits per heavy atom. The molecule has 0 fully saturated rings. The van der Waals surface area contributed by atoms with Gasteiger partial charge in [0.05, 0.1) is 11.3 Å². The van der Waals surface area contributed by atoms with E-state index in [1.807, 2.05) is 0 Å². The fourth-order valence-electron chi connectivity index (χ4n) is 0.421. The third kappa shape index (κ3) is 1.02. The second-order valence-corrected chi connectivity index (χ2v) is 1.87. The van der Waals surface area contributed by atoms with E-state index in [9.17, 15) is 0 Å². The van der Waals surface area contributed by atoms with E-state index in [1.54, 1.807) is 12.2 Å². The van der Waals surface area contributed by atoms with Gasteiger partial charge in [0.25, 0.3) is 0 Å². The van der Waals surface area contributed by atoms with Crippen molar-refractivity contribution in [2.75, 3.05) is 0 Å². The minimum Gasteiger partial charge on any atom is -0.478 e. The molecular weight excluding hydrogens is 126 g/mol. The number of nitrogens with two attached hydrogens (primary N) is 1. The van der Waals surface area contributed by atoms with Gasteiger partial charge >= 0.3 is 0 Å². The van der Waals surface area contributed by atoms with Crippen molar-refractivity contribution < 1.29 is 4.74 Å². The molecule has 0 saturated heterocycles. The first kappa shape index (κ1) is 5.66. The molecule has 0 aromatic rings. The van der Waals surface area contributed by atoms with Gasteiger partial charge in [-0.05, 0) is 12.2 Å². The van der Waals surface area contributed by atoms with Crippen LogP contribution in [0.2, 0.25) is 0 Å². The summed E-state index contributed by atoms with van der Waals surface area (Å²) < 4.78 is 4.79. The van der Waals surface area contributed by atoms with Crippen LogP contribution in [0.25, 0.3) is 0 Å². The van der Waals surface area contributed by atoms with Crippen molar-refractivity contribution >= 4 is 11.6 Å². The number of halogens is 1. The van der Waals surface area contributed by atoms with E-state index in [-0.39, 0.29) is 0 Å². The fourth-order valence-corrected chi connectivity index (χ4v) is 0.545. The summed E-state index contributed by atoms with van der Waals surface area (Å²) in [6.07, 6.45) is 4.46. The molecule has 0 aromatic heterocycles. The van der Waals surface area contributed by atoms with Crippen LogP contribution in [0.5, 0.6) is 0 Å². The number of allylic oxidation sites excluding steroid dienone is 2. The molecule has 0 spiro atoms. The van der Waals surface area contributed by atoms with Crippen molar-refractivity contribution in [2.45, 2.75) is 6.23 Å². The lowest BCUT2D eigenvalue weighted by Crippen LogP contribution is -2.22. The zero-order valence-electron chi connectivity index (χ0n) is 4.17. The van der Waals surface area contributed by atoms with Crippen LogP contribution in [-0.4, -0.2) is 6.23 Å². The van der Waals surface area contributed by atoms with E-state index < -0.39 is 6.23 Å². The summed E-state index contributed by atoms with van der Waals surface area (Å²) in [6.45, 7) is 0. The summed E-state index contributed by atoms with van der Waals surface area (Å²) >= 11 is 5.53. The highest BCUT2D eigenvalue weighted by Crippen LogP contribution is 2.11. The maximum Gasteiger partial charge on any atom is 0.183 e. The Morgan fingerprint density at radius 3 is 2.88 bits per heavy atom. The molecule has 0 amide bonds. The third-order valence-corrected chi connectivity index (χ3v) is 1.17. The zero-order valence-corrected chi connectivity index (χ0v) is 4.93. The molecule has 44 valence electrons. The molecule has 1 heterocycles. The van der Waals surface area contributed by atoms with E-state index in [4.69, 9.17) is 22.1 Å². The monoisotopic (exact) mass is 131 g/mol. The maximum absolute atomic E-state index is 5.53. The van der Waals surface area contributed by atoms with Crippen LogP contribution in [0.3, 0.4) is 0 Å². The number of ether oxygens (including phenoxy) is 1. The van der Waals surface area contributed by atoms with E-state index in [2.05, 4.69) is 0 Å². The predicted octanol–water partition coefficient (Wildman–Crippen LogP) is 0.938. The van der Waals surface area contributed by atoms with E-state index in [0.717, 1.165) is 0 Å². The van der Waals surface area contributed by atoms with E-state index in [1.165, 1.54) is 6.26 Å². The smallest absolute Gasteiger partial charge is 0.183 e. The van der Waals surface area contributed by atoms with E-state index in [0.29, 0.717) is 5.03 Å². The Kier molecular flexibility index (Phi) is 1.56. The molecule has 3 heteroatoms. The lowest BCUT2D eigenvalue weighted by molar-refractivity contribution is 0.185. The molecule has 2 nitrogen and oxygen atoms in total. The van der Waals surface area contributed by atoms with Gasteiger partial charge in [0.2, 0.25) is 0 Å². The molecule has 1 aliphatic heterocycles. The van der Waals surface area contributed by atoms with Gasteiger partial charge in [-0.3, -0.25) is 5.73 Å². The number of hydrogen-bond acceptors (Lipinski definition) is 2. The SMILES string of the molecule is N[C@@H]1OC=CC=C1Cl. The van der Waals surface area contributed by atoms with Gasteiger partial charge in [0.15, 0.2) is 6.23 Å². The number of hydrogen-bond donors (Lipinski definition) is 1. The molecule has 0 radical (unpaired) electrons. The van der Waals surface area contributed by atoms with E-state index >= 15 is 0 Å². The average molecular weight is 132 g/mol. The average Bonchev–Trinajstić information content (AvgIpc) is 1.77. The quantitative estimate of drug-likeness (QED) is 0.531. The lowest BCUT2D eigenvalue weighted by Gasteiger charge is -2.11. The Balaban J connectivity index is 2.66. The first-order valence-electron chi connectivity index (χ1n) is 2.24. The van der Waals surface area contributed by atoms with Crippen LogP contribution in [0.1, 0.15) is 0 Å². The molecule has 1 atom stereocenters. The van der Waals surface area contributed by atoms with Crippen LogP contribution in [-0.2, 0) is 4.74 Å². The van der Waals surface area contributed by atoms with Gasteiger partial charge in [0.1, 0.15) is 0 Å². The minimum absolute atomic E-state index is 0.457. The van der Waals surface area contributed by atoms with Crippen LogP contribution in [0, 0.1) is 0 Å². The summed E-state index contributed by atoms with van der Waals surface area (Å²) in [5, 5.41) is 0.535. The highest BCUT2D eigenvalue weighted by Gasteiger charge is 2.06. The number of rotatable bonds is 0. The lowest BCUT2D eigenvalue weighted by atomic mass is 10.4. The van der Waals surface area contributed by atoms with Crippen molar-refractivity contribution in [3.05, 3.63) is 23.4 Å². The summed E-state index contributed by atoms with van der Waals surface area (Å²) in [7, 11) is 0. The van der Waals surface area contributed by atoms with Crippen molar-refractivity contribution in [3.8, 4) is 0 Å². The maximum atomic E-state index is 5.53. The first-order valence-corrected chi connectivity index (χ1v) is 2.62. The summed E-state index contributed by atoms with van der Waals surface area (Å²) in [5.41, 5.74) is 5.30. The standard InChI is InChI=1S/C5H6ClNO/c6-4-2-1-3-8-5(4)7/h1-3,5H,7H2/t5-/m1/s1. The van der Waals surface area contributed by atoms with Gasteiger partial charge in [-0.1, -0.05) is 11.6 Å². The molecule has 0 aromatic carbocycles. The topological polar surface area (TPSA) is 35.2 Å². The normalized spacial score (nSPS) is 26.8. The van der Waals surface area contributed by atoms with Gasteiger partial charge in [-0.15, -0.1) is 0 Å². The van der Waals surface area contributed by atoms with Gasteiger partial charge in [0, 0.05) is 0 Å². The highest BCUT2D eigenvalue weighted by atomic mass is 35.5. The third-order valence-electron chi connectivity index (χ3n) is 0.831. The zero-order chi connectivity index (χ0) is 5.98. The Labute approximate surface area is 52.6 Å². The molecule has 0 saturated carbocycles. The largest absolute Gasteiger partial charge is 0.478 e. The molecular formula is C5H6ClNO. The van der Waals surface area contributed by atoms with Crippen LogP contribution in [0.15, 0.2) is 23.4 Å².